The molecule has 0 bridgehead atoms. The largest absolute Gasteiger partial charge is 0.454 e. The quantitative estimate of drug-likeness (QED) is 0.664. The van der Waals surface area contributed by atoms with Crippen LogP contribution in [0.15, 0.2) is 18.2 Å². The molecule has 0 N–H and O–H groups in total. The Morgan fingerprint density at radius 2 is 2.19 bits per heavy atom. The van der Waals surface area contributed by atoms with Gasteiger partial charge in [-0.15, -0.1) is 0 Å². The molecule has 116 valence electrons. The van der Waals surface area contributed by atoms with E-state index in [2.05, 4.69) is 12.6 Å². The number of ether oxygens (including phenoxy) is 1. The number of carbonyl (C=O) groups excluding carboxylic acids is 1. The van der Waals surface area contributed by atoms with E-state index in [0.717, 1.165) is 17.5 Å². The van der Waals surface area contributed by atoms with Gasteiger partial charge in [-0.3, -0.25) is 4.79 Å². The van der Waals surface area contributed by atoms with E-state index in [9.17, 15) is 9.18 Å². The van der Waals surface area contributed by atoms with Crippen molar-refractivity contribution < 1.29 is 13.9 Å². The number of aryl methyl sites for hydroxylation is 1. The molecule has 2 atom stereocenters. The van der Waals surface area contributed by atoms with Gasteiger partial charge in [-0.25, -0.2) is 4.39 Å². The molecule has 2 unspecified atom stereocenters. The molecule has 0 aromatic heterocycles. The number of hydrogen-bond donors (Lipinski definition) is 1. The van der Waals surface area contributed by atoms with Crippen molar-refractivity contribution >= 4 is 18.6 Å². The van der Waals surface area contributed by atoms with E-state index < -0.39 is 5.60 Å². The van der Waals surface area contributed by atoms with Gasteiger partial charge in [-0.1, -0.05) is 26.8 Å². The topological polar surface area (TPSA) is 26.3 Å². The molecular formula is C17H23FO2S. The maximum atomic E-state index is 13.5. The Balaban J connectivity index is 2.14. The third-order valence-electron chi connectivity index (χ3n) is 4.05. The summed E-state index contributed by atoms with van der Waals surface area (Å²) in [6.07, 6.45) is 2.15. The fraction of sp³-hybridized carbons (Fsp3) is 0.588. The lowest BCUT2D eigenvalue weighted by molar-refractivity contribution is -0.164. The molecule has 1 aliphatic rings. The van der Waals surface area contributed by atoms with Crippen molar-refractivity contribution in [3.05, 3.63) is 35.1 Å². The Bertz CT molecular complexity index is 550. The highest BCUT2D eigenvalue weighted by Crippen LogP contribution is 2.41. The molecule has 1 aromatic carbocycles. The second-order valence-corrected chi connectivity index (χ2v) is 8.08. The number of fused-ring (bicyclic) bond motifs is 1. The summed E-state index contributed by atoms with van der Waals surface area (Å²) in [5.41, 5.74) is 1.14. The minimum atomic E-state index is -0.719. The molecule has 0 radical (unpaired) electrons. The highest BCUT2D eigenvalue weighted by molar-refractivity contribution is 7.81. The number of esters is 1. The highest BCUT2D eigenvalue weighted by Gasteiger charge is 2.39. The molecule has 0 amide bonds. The summed E-state index contributed by atoms with van der Waals surface area (Å²) in [6, 6.07) is 4.73. The molecule has 2 rings (SSSR count). The first kappa shape index (κ1) is 16.3. The lowest BCUT2D eigenvalue weighted by Crippen LogP contribution is -2.31. The van der Waals surface area contributed by atoms with Gasteiger partial charge >= 0.3 is 5.97 Å². The molecule has 0 saturated carbocycles. The van der Waals surface area contributed by atoms with Gasteiger partial charge in [-0.2, -0.15) is 12.6 Å². The predicted octanol–water partition coefficient (Wildman–Crippen LogP) is 4.26. The van der Waals surface area contributed by atoms with Gasteiger partial charge in [0, 0.05) is 10.3 Å². The minimum absolute atomic E-state index is 0.223. The normalized spacial score (nSPS) is 22.8. The third-order valence-corrected chi connectivity index (χ3v) is 4.23. The van der Waals surface area contributed by atoms with Crippen LogP contribution in [0.25, 0.3) is 0 Å². The summed E-state index contributed by atoms with van der Waals surface area (Å²) in [5, 5.41) is 0. The molecule has 0 aliphatic heterocycles. The second-order valence-electron chi connectivity index (χ2n) is 6.87. The van der Waals surface area contributed by atoms with Crippen molar-refractivity contribution in [3.63, 3.8) is 0 Å². The summed E-state index contributed by atoms with van der Waals surface area (Å²) in [7, 11) is 0. The van der Waals surface area contributed by atoms with Gasteiger partial charge in [0.1, 0.15) is 11.4 Å². The first-order valence-electron chi connectivity index (χ1n) is 7.35. The predicted molar refractivity (Wildman–Crippen MR) is 85.0 cm³/mol. The summed E-state index contributed by atoms with van der Waals surface area (Å²) in [6.45, 7) is 7.67. The number of rotatable bonds is 4. The molecule has 0 spiro atoms. The van der Waals surface area contributed by atoms with Gasteiger partial charge in [0.05, 0.1) is 5.92 Å². The number of benzene rings is 1. The van der Waals surface area contributed by atoms with Crippen molar-refractivity contribution in [1.29, 1.82) is 0 Å². The molecule has 21 heavy (non-hydrogen) atoms. The van der Waals surface area contributed by atoms with Crippen molar-refractivity contribution in [3.8, 4) is 0 Å². The minimum Gasteiger partial charge on any atom is -0.454 e. The SMILES string of the molecule is CC(CC(C)(C)S)C(=O)OC1(C)CCc2ccc(F)cc21. The van der Waals surface area contributed by atoms with Crippen LogP contribution in [-0.2, 0) is 21.6 Å². The van der Waals surface area contributed by atoms with E-state index in [1.807, 2.05) is 27.7 Å². The Morgan fingerprint density at radius 3 is 2.81 bits per heavy atom. The van der Waals surface area contributed by atoms with Gasteiger partial charge < -0.3 is 4.74 Å². The molecule has 1 aliphatic carbocycles. The van der Waals surface area contributed by atoms with Crippen LogP contribution in [0, 0.1) is 11.7 Å². The van der Waals surface area contributed by atoms with Crippen LogP contribution in [0.4, 0.5) is 4.39 Å². The number of thiol groups is 1. The van der Waals surface area contributed by atoms with Crippen LogP contribution in [0.2, 0.25) is 0 Å². The smallest absolute Gasteiger partial charge is 0.309 e. The Kier molecular flexibility index (Phi) is 4.39. The fourth-order valence-electron chi connectivity index (χ4n) is 3.03. The van der Waals surface area contributed by atoms with Crippen LogP contribution < -0.4 is 0 Å². The van der Waals surface area contributed by atoms with Gasteiger partial charge in [0.15, 0.2) is 0 Å². The zero-order valence-corrected chi connectivity index (χ0v) is 14.0. The van der Waals surface area contributed by atoms with Gasteiger partial charge in [-0.05, 0) is 43.9 Å². The molecule has 1 aromatic rings. The standard InChI is InChI=1S/C17H23FO2S/c1-11(10-16(2,3)21)15(19)20-17(4)8-7-12-5-6-13(18)9-14(12)17/h5-6,9,11,21H,7-8,10H2,1-4H3. The number of hydrogen-bond acceptors (Lipinski definition) is 3. The van der Waals surface area contributed by atoms with E-state index in [1.54, 1.807) is 6.07 Å². The first-order chi connectivity index (χ1) is 9.61. The Morgan fingerprint density at radius 1 is 1.52 bits per heavy atom. The average Bonchev–Trinajstić information content (AvgIpc) is 2.65. The lowest BCUT2D eigenvalue weighted by Gasteiger charge is -2.29. The van der Waals surface area contributed by atoms with E-state index in [-0.39, 0.29) is 22.5 Å². The van der Waals surface area contributed by atoms with Crippen LogP contribution in [0.1, 0.15) is 51.7 Å². The van der Waals surface area contributed by atoms with Gasteiger partial charge in [0.2, 0.25) is 0 Å². The molecule has 4 heteroatoms. The second kappa shape index (κ2) is 5.64. The number of halogens is 1. The van der Waals surface area contributed by atoms with Crippen molar-refractivity contribution in [2.45, 2.75) is 57.3 Å². The first-order valence-corrected chi connectivity index (χ1v) is 7.80. The van der Waals surface area contributed by atoms with Crippen molar-refractivity contribution in [2.24, 2.45) is 5.92 Å². The summed E-state index contributed by atoms with van der Waals surface area (Å²) < 4.78 is 19.0. The van der Waals surface area contributed by atoms with E-state index in [1.165, 1.54) is 12.1 Å². The van der Waals surface area contributed by atoms with E-state index >= 15 is 0 Å². The maximum Gasteiger partial charge on any atom is 0.309 e. The zero-order chi connectivity index (χ0) is 15.8. The monoisotopic (exact) mass is 310 g/mol. The maximum absolute atomic E-state index is 13.5. The van der Waals surface area contributed by atoms with Crippen molar-refractivity contribution in [1.82, 2.24) is 0 Å². The van der Waals surface area contributed by atoms with E-state index in [0.29, 0.717) is 12.8 Å². The molecule has 0 heterocycles. The summed E-state index contributed by atoms with van der Waals surface area (Å²) in [4.78, 5) is 12.3. The summed E-state index contributed by atoms with van der Waals surface area (Å²) >= 11 is 4.46. The van der Waals surface area contributed by atoms with Crippen LogP contribution in [0.3, 0.4) is 0 Å². The van der Waals surface area contributed by atoms with Crippen LogP contribution >= 0.6 is 12.6 Å². The van der Waals surface area contributed by atoms with E-state index in [4.69, 9.17) is 4.74 Å². The highest BCUT2D eigenvalue weighted by atomic mass is 32.1. The van der Waals surface area contributed by atoms with Crippen LogP contribution in [0.5, 0.6) is 0 Å². The zero-order valence-electron chi connectivity index (χ0n) is 13.1. The molecule has 0 fully saturated rings. The molecular weight excluding hydrogens is 287 g/mol. The average molecular weight is 310 g/mol. The fourth-order valence-corrected chi connectivity index (χ4v) is 3.30. The van der Waals surface area contributed by atoms with Crippen molar-refractivity contribution in [2.75, 3.05) is 0 Å². The Hall–Kier alpha value is -1.03. The molecule has 0 saturated heterocycles. The lowest BCUT2D eigenvalue weighted by atomic mass is 9.95. The number of carbonyl (C=O) groups is 1. The molecule has 2 nitrogen and oxygen atoms in total. The van der Waals surface area contributed by atoms with Crippen LogP contribution in [-0.4, -0.2) is 10.7 Å². The Labute approximate surface area is 131 Å². The summed E-state index contributed by atoms with van der Waals surface area (Å²) in [5.74, 6) is -0.758. The third kappa shape index (κ3) is 3.79. The van der Waals surface area contributed by atoms with Gasteiger partial charge in [0.25, 0.3) is 0 Å².